The van der Waals surface area contributed by atoms with E-state index in [1.165, 1.54) is 6.08 Å². The lowest BCUT2D eigenvalue weighted by Crippen LogP contribution is -2.32. The van der Waals surface area contributed by atoms with Gasteiger partial charge in [0.2, 0.25) is 0 Å². The highest BCUT2D eigenvalue weighted by Gasteiger charge is 2.11. The lowest BCUT2D eigenvalue weighted by molar-refractivity contribution is -0.131. The molecule has 2 atom stereocenters. The van der Waals surface area contributed by atoms with E-state index < -0.39 is 12.1 Å². The predicted molar refractivity (Wildman–Crippen MR) is 103 cm³/mol. The second-order valence-corrected chi connectivity index (χ2v) is 6.66. The maximum Gasteiger partial charge on any atom is 0.328 e. The molecule has 1 aromatic carbocycles. The summed E-state index contributed by atoms with van der Waals surface area (Å²) in [6.45, 7) is 4.20. The zero-order chi connectivity index (χ0) is 19.1. The van der Waals surface area contributed by atoms with Crippen LogP contribution in [0.15, 0.2) is 48.5 Å². The van der Waals surface area contributed by atoms with Crippen LogP contribution in [0.5, 0.6) is 0 Å². The first kappa shape index (κ1) is 20.1. The molecule has 0 aliphatic rings. The molecule has 5 nitrogen and oxygen atoms in total. The van der Waals surface area contributed by atoms with Gasteiger partial charge in [-0.1, -0.05) is 41.9 Å². The van der Waals surface area contributed by atoms with Crippen molar-refractivity contribution in [3.63, 3.8) is 0 Å². The van der Waals surface area contributed by atoms with Crippen molar-refractivity contribution in [1.82, 2.24) is 10.3 Å². The second kappa shape index (κ2) is 9.48. The van der Waals surface area contributed by atoms with Gasteiger partial charge in [-0.15, -0.1) is 0 Å². The van der Waals surface area contributed by atoms with E-state index in [2.05, 4.69) is 10.3 Å². The average molecular weight is 375 g/mol. The van der Waals surface area contributed by atoms with Gasteiger partial charge in [0, 0.05) is 18.7 Å². The van der Waals surface area contributed by atoms with Gasteiger partial charge in [0.05, 0.1) is 5.69 Å². The van der Waals surface area contributed by atoms with Gasteiger partial charge in [0.1, 0.15) is 11.3 Å². The van der Waals surface area contributed by atoms with Gasteiger partial charge < -0.3 is 15.5 Å². The van der Waals surface area contributed by atoms with Crippen LogP contribution in [0.3, 0.4) is 0 Å². The molecule has 0 bridgehead atoms. The highest BCUT2D eigenvalue weighted by atomic mass is 35.5. The van der Waals surface area contributed by atoms with Crippen molar-refractivity contribution in [3.8, 4) is 0 Å². The van der Waals surface area contributed by atoms with Crippen LogP contribution < -0.4 is 5.32 Å². The van der Waals surface area contributed by atoms with E-state index in [9.17, 15) is 9.90 Å². The number of rotatable bonds is 8. The van der Waals surface area contributed by atoms with E-state index in [-0.39, 0.29) is 6.04 Å². The molecule has 138 valence electrons. The summed E-state index contributed by atoms with van der Waals surface area (Å²) in [7, 11) is 0. The molecule has 0 radical (unpaired) electrons. The number of aliphatic hydroxyl groups excluding tert-OH is 1. The van der Waals surface area contributed by atoms with Crippen molar-refractivity contribution in [2.24, 2.45) is 0 Å². The Labute approximate surface area is 158 Å². The van der Waals surface area contributed by atoms with Crippen LogP contribution in [0.25, 0.3) is 5.57 Å². The summed E-state index contributed by atoms with van der Waals surface area (Å²) in [5.74, 6) is -0.947. The minimum absolute atomic E-state index is 0.158. The molecule has 2 rings (SSSR count). The van der Waals surface area contributed by atoms with Crippen LogP contribution in [0.2, 0.25) is 5.15 Å². The number of carbonyl (C=O) groups is 1. The predicted octanol–water partition coefficient (Wildman–Crippen LogP) is 3.48. The number of aromatic nitrogens is 1. The van der Waals surface area contributed by atoms with E-state index in [0.717, 1.165) is 17.5 Å². The summed E-state index contributed by atoms with van der Waals surface area (Å²) >= 11 is 5.84. The highest BCUT2D eigenvalue weighted by Crippen LogP contribution is 2.16. The smallest absolute Gasteiger partial charge is 0.328 e. The third kappa shape index (κ3) is 6.26. The van der Waals surface area contributed by atoms with Crippen LogP contribution in [0, 0.1) is 0 Å². The van der Waals surface area contributed by atoms with Gasteiger partial charge in [0.15, 0.2) is 0 Å². The maximum atomic E-state index is 10.7. The van der Waals surface area contributed by atoms with Crippen molar-refractivity contribution >= 4 is 23.1 Å². The molecule has 26 heavy (non-hydrogen) atoms. The Kier molecular flexibility index (Phi) is 7.33. The van der Waals surface area contributed by atoms with Crippen LogP contribution in [0.4, 0.5) is 0 Å². The summed E-state index contributed by atoms with van der Waals surface area (Å²) < 4.78 is 0. The molecule has 6 heteroatoms. The van der Waals surface area contributed by atoms with Gasteiger partial charge >= 0.3 is 5.97 Å². The summed E-state index contributed by atoms with van der Waals surface area (Å²) in [5.41, 5.74) is 3.28. The SMILES string of the molecule is CC(=CC(=O)O)c1ccc(C[C@@H](C)NC[C@@H](O)c2cccc(Cl)n2)cc1. The summed E-state index contributed by atoms with van der Waals surface area (Å²) in [5, 5.41) is 22.6. The topological polar surface area (TPSA) is 82.5 Å². The highest BCUT2D eigenvalue weighted by molar-refractivity contribution is 6.29. The van der Waals surface area contributed by atoms with Crippen molar-refractivity contribution < 1.29 is 15.0 Å². The first-order chi connectivity index (χ1) is 12.3. The Morgan fingerprint density at radius 1 is 1.27 bits per heavy atom. The average Bonchev–Trinajstić information content (AvgIpc) is 2.59. The normalized spacial score (nSPS) is 14.1. The fourth-order valence-corrected chi connectivity index (χ4v) is 2.80. The summed E-state index contributed by atoms with van der Waals surface area (Å²) in [6, 6.07) is 13.1. The van der Waals surface area contributed by atoms with E-state index in [1.807, 2.05) is 31.2 Å². The number of hydrogen-bond acceptors (Lipinski definition) is 4. The molecule has 0 unspecified atom stereocenters. The molecule has 0 fully saturated rings. The molecule has 1 heterocycles. The lowest BCUT2D eigenvalue weighted by Gasteiger charge is -2.17. The van der Waals surface area contributed by atoms with Gasteiger partial charge in [-0.2, -0.15) is 0 Å². The van der Waals surface area contributed by atoms with Crippen molar-refractivity contribution in [3.05, 3.63) is 70.5 Å². The molecule has 0 saturated heterocycles. The van der Waals surface area contributed by atoms with Crippen LogP contribution >= 0.6 is 11.6 Å². The number of nitrogens with zero attached hydrogens (tertiary/aromatic N) is 1. The number of benzene rings is 1. The van der Waals surface area contributed by atoms with Crippen LogP contribution in [-0.4, -0.2) is 33.8 Å². The fourth-order valence-electron chi connectivity index (χ4n) is 2.62. The first-order valence-corrected chi connectivity index (χ1v) is 8.77. The number of carboxylic acids is 1. The zero-order valence-electron chi connectivity index (χ0n) is 14.8. The number of hydrogen-bond donors (Lipinski definition) is 3. The van der Waals surface area contributed by atoms with E-state index >= 15 is 0 Å². The molecular formula is C20H23ClN2O3. The Morgan fingerprint density at radius 2 is 1.96 bits per heavy atom. The third-order valence-corrected chi connectivity index (χ3v) is 4.24. The molecular weight excluding hydrogens is 352 g/mol. The number of halogens is 1. The lowest BCUT2D eigenvalue weighted by atomic mass is 10.0. The number of pyridine rings is 1. The number of carboxylic acid groups (broad SMARTS) is 1. The third-order valence-electron chi connectivity index (χ3n) is 4.03. The molecule has 0 aliphatic carbocycles. The molecule has 1 aromatic heterocycles. The quantitative estimate of drug-likeness (QED) is 0.486. The first-order valence-electron chi connectivity index (χ1n) is 8.39. The van der Waals surface area contributed by atoms with Crippen molar-refractivity contribution in [2.75, 3.05) is 6.54 Å². The van der Waals surface area contributed by atoms with Gasteiger partial charge in [-0.05, 0) is 49.1 Å². The minimum atomic E-state index is -0.947. The molecule has 0 spiro atoms. The van der Waals surface area contributed by atoms with Crippen LogP contribution in [0.1, 0.15) is 36.8 Å². The van der Waals surface area contributed by atoms with Crippen LogP contribution in [-0.2, 0) is 11.2 Å². The molecule has 0 amide bonds. The largest absolute Gasteiger partial charge is 0.478 e. The molecule has 0 saturated carbocycles. The molecule has 2 aromatic rings. The number of nitrogens with one attached hydrogen (secondary N) is 1. The number of aliphatic carboxylic acids is 1. The summed E-state index contributed by atoms with van der Waals surface area (Å²) in [6.07, 6.45) is 1.27. The maximum absolute atomic E-state index is 10.7. The van der Waals surface area contributed by atoms with Gasteiger partial charge in [0.25, 0.3) is 0 Å². The Balaban J connectivity index is 1.87. The molecule has 3 N–H and O–H groups in total. The molecule has 0 aliphatic heterocycles. The monoisotopic (exact) mass is 374 g/mol. The zero-order valence-corrected chi connectivity index (χ0v) is 15.6. The van der Waals surface area contributed by atoms with Gasteiger partial charge in [-0.3, -0.25) is 0 Å². The minimum Gasteiger partial charge on any atom is -0.478 e. The summed E-state index contributed by atoms with van der Waals surface area (Å²) in [4.78, 5) is 14.8. The number of aliphatic hydroxyl groups is 1. The van der Waals surface area contributed by atoms with Crippen molar-refractivity contribution in [2.45, 2.75) is 32.4 Å². The van der Waals surface area contributed by atoms with E-state index in [4.69, 9.17) is 16.7 Å². The second-order valence-electron chi connectivity index (χ2n) is 6.28. The Hall–Kier alpha value is -2.21. The Bertz CT molecular complexity index is 775. The standard InChI is InChI=1S/C20H23ClN2O3/c1-13(10-20(25)26)16-8-6-15(7-9-16)11-14(2)22-12-18(24)17-4-3-5-19(21)23-17/h3-10,14,18,22,24H,11-12H2,1-2H3,(H,25,26)/t14-,18-/m1/s1. The Morgan fingerprint density at radius 3 is 2.58 bits per heavy atom. The van der Waals surface area contributed by atoms with Crippen molar-refractivity contribution in [1.29, 1.82) is 0 Å². The van der Waals surface area contributed by atoms with E-state index in [0.29, 0.717) is 23.0 Å². The van der Waals surface area contributed by atoms with E-state index in [1.54, 1.807) is 25.1 Å². The van der Waals surface area contributed by atoms with Gasteiger partial charge in [-0.25, -0.2) is 9.78 Å². The fraction of sp³-hybridized carbons (Fsp3) is 0.300. The number of allylic oxidation sites excluding steroid dienone is 1.